The number of ether oxygens (including phenoxy) is 2. The van der Waals surface area contributed by atoms with Gasteiger partial charge in [-0.1, -0.05) is 23.2 Å². The van der Waals surface area contributed by atoms with Gasteiger partial charge in [-0.05, 0) is 48.5 Å². The quantitative estimate of drug-likeness (QED) is 0.150. The molecule has 0 spiro atoms. The third-order valence-electron chi connectivity index (χ3n) is 4.96. The van der Waals surface area contributed by atoms with Gasteiger partial charge in [0, 0.05) is 45.4 Å². The van der Waals surface area contributed by atoms with E-state index in [1.165, 1.54) is 36.4 Å². The summed E-state index contributed by atoms with van der Waals surface area (Å²) < 4.78 is 76.5. The Labute approximate surface area is 220 Å². The van der Waals surface area contributed by atoms with Crippen molar-refractivity contribution in [3.8, 4) is 23.0 Å². The van der Waals surface area contributed by atoms with Crippen molar-refractivity contribution in [1.29, 1.82) is 0 Å². The van der Waals surface area contributed by atoms with Crippen LogP contribution in [0.25, 0.3) is 0 Å². The molecule has 37 heavy (non-hydrogen) atoms. The summed E-state index contributed by atoms with van der Waals surface area (Å²) in [4.78, 5) is 0. The lowest BCUT2D eigenvalue weighted by atomic mass is 10.2. The van der Waals surface area contributed by atoms with Crippen molar-refractivity contribution in [2.75, 3.05) is 0 Å². The highest BCUT2D eigenvalue weighted by Gasteiger charge is 2.14. The van der Waals surface area contributed by atoms with E-state index in [4.69, 9.17) is 42.0 Å². The Hall–Kier alpha value is -3.56. The van der Waals surface area contributed by atoms with E-state index in [0.717, 1.165) is 32.0 Å². The lowest BCUT2D eigenvalue weighted by Gasteiger charge is -2.15. The van der Waals surface area contributed by atoms with Crippen LogP contribution >= 0.6 is 23.2 Å². The molecule has 4 rings (SSSR count). The molecule has 4 nitrogen and oxygen atoms in total. The predicted octanol–water partition coefficient (Wildman–Crippen LogP) is 7.70. The number of halogens is 6. The van der Waals surface area contributed by atoms with E-state index in [2.05, 4.69) is 0 Å². The molecule has 0 aliphatic carbocycles. The normalized spacial score (nSPS) is 10.6. The Balaban J connectivity index is 1.41. The van der Waals surface area contributed by atoms with Gasteiger partial charge in [0.15, 0.2) is 11.5 Å². The van der Waals surface area contributed by atoms with Gasteiger partial charge in [0.05, 0.1) is 0 Å². The van der Waals surface area contributed by atoms with Gasteiger partial charge < -0.3 is 18.8 Å². The van der Waals surface area contributed by atoms with Gasteiger partial charge in [-0.15, -0.1) is 0 Å². The molecule has 0 unspecified atom stereocenters. The number of hydrogen-bond acceptors (Lipinski definition) is 4. The van der Waals surface area contributed by atoms with Gasteiger partial charge in [-0.25, -0.2) is 17.6 Å². The van der Waals surface area contributed by atoms with Crippen LogP contribution in [-0.4, -0.2) is 7.69 Å². The predicted molar refractivity (Wildman–Crippen MR) is 131 cm³/mol. The third-order valence-corrected chi connectivity index (χ3v) is 5.43. The van der Waals surface area contributed by atoms with E-state index in [0.29, 0.717) is 10.0 Å². The molecule has 0 aliphatic rings. The van der Waals surface area contributed by atoms with Crippen LogP contribution in [0.15, 0.2) is 72.8 Å². The fourth-order valence-corrected chi connectivity index (χ4v) is 3.43. The summed E-state index contributed by atoms with van der Waals surface area (Å²) in [7, 11) is 0.966. The first-order chi connectivity index (χ1) is 17.8. The Morgan fingerprint density at radius 1 is 0.541 bits per heavy atom. The molecule has 0 amide bonds. The SMILES string of the molecule is Fc1ccc(COc2ccc(Cl)cc2O[B]Oc2cc(Cl)ccc2OCc2ccc(F)cc2F)c(F)c1. The van der Waals surface area contributed by atoms with Crippen LogP contribution in [0.3, 0.4) is 0 Å². The van der Waals surface area contributed by atoms with Gasteiger partial charge in [0.25, 0.3) is 0 Å². The lowest BCUT2D eigenvalue weighted by molar-refractivity contribution is 0.283. The van der Waals surface area contributed by atoms with E-state index < -0.39 is 23.3 Å². The van der Waals surface area contributed by atoms with Crippen LogP contribution in [0.2, 0.25) is 10.0 Å². The van der Waals surface area contributed by atoms with E-state index in [9.17, 15) is 17.6 Å². The summed E-state index contributed by atoms with van der Waals surface area (Å²) in [5.74, 6) is -2.18. The standard InChI is InChI=1S/C26H16BCl2F4O4/c28-17-3-7-23(34-13-15-1-5-19(30)11-21(15)32)25(9-17)36-27-37-26-10-18(29)4-8-24(26)35-14-16-2-6-20(31)12-22(16)33/h1-12H,13-14H2. The van der Waals surface area contributed by atoms with Crippen molar-refractivity contribution in [3.05, 3.63) is 117 Å². The van der Waals surface area contributed by atoms with E-state index in [1.807, 2.05) is 0 Å². The third kappa shape index (κ3) is 7.24. The van der Waals surface area contributed by atoms with Crippen LogP contribution in [0.1, 0.15) is 11.1 Å². The molecule has 189 valence electrons. The maximum atomic E-state index is 13.9. The van der Waals surface area contributed by atoms with Crippen molar-refractivity contribution in [2.24, 2.45) is 0 Å². The molecule has 1 radical (unpaired) electrons. The molecule has 0 saturated heterocycles. The maximum absolute atomic E-state index is 13.9. The minimum absolute atomic E-state index is 0.140. The highest BCUT2D eigenvalue weighted by molar-refractivity contribution is 6.31. The summed E-state index contributed by atoms with van der Waals surface area (Å²) in [6.07, 6.45) is 0. The first-order valence-corrected chi connectivity index (χ1v) is 11.4. The van der Waals surface area contributed by atoms with Crippen LogP contribution in [0.5, 0.6) is 23.0 Å². The summed E-state index contributed by atoms with van der Waals surface area (Å²) in [5, 5.41) is 0.661. The van der Waals surface area contributed by atoms with Gasteiger partial charge in [-0.3, -0.25) is 0 Å². The summed E-state index contributed by atoms with van der Waals surface area (Å²) in [6, 6.07) is 15.3. The average Bonchev–Trinajstić information content (AvgIpc) is 2.85. The molecule has 0 fully saturated rings. The molecule has 4 aromatic carbocycles. The number of rotatable bonds is 10. The Morgan fingerprint density at radius 3 is 1.38 bits per heavy atom. The number of hydrogen-bond donors (Lipinski definition) is 0. The zero-order valence-electron chi connectivity index (χ0n) is 18.8. The summed E-state index contributed by atoms with van der Waals surface area (Å²) in [5.41, 5.74) is 0.279. The first-order valence-electron chi connectivity index (χ1n) is 10.7. The molecule has 0 aliphatic heterocycles. The maximum Gasteiger partial charge on any atom is 0.658 e. The van der Waals surface area contributed by atoms with Crippen LogP contribution in [-0.2, 0) is 13.2 Å². The molecular weight excluding hydrogens is 534 g/mol. The molecule has 0 bridgehead atoms. The number of benzene rings is 4. The first kappa shape index (κ1) is 26.5. The van der Waals surface area contributed by atoms with E-state index >= 15 is 0 Å². The molecule has 0 heterocycles. The van der Waals surface area contributed by atoms with Gasteiger partial charge in [0.1, 0.15) is 48.0 Å². The highest BCUT2D eigenvalue weighted by atomic mass is 35.5. The highest BCUT2D eigenvalue weighted by Crippen LogP contribution is 2.33. The average molecular weight is 550 g/mol. The fraction of sp³-hybridized carbons (Fsp3) is 0.0769. The van der Waals surface area contributed by atoms with Crippen molar-refractivity contribution in [2.45, 2.75) is 13.2 Å². The molecule has 0 atom stereocenters. The zero-order valence-corrected chi connectivity index (χ0v) is 20.3. The molecule has 4 aromatic rings. The zero-order chi connectivity index (χ0) is 26.4. The Morgan fingerprint density at radius 2 is 0.973 bits per heavy atom. The summed E-state index contributed by atoms with van der Waals surface area (Å²) in [6.45, 7) is -0.394. The second kappa shape index (κ2) is 12.1. The van der Waals surface area contributed by atoms with Gasteiger partial charge >= 0.3 is 7.69 Å². The largest absolute Gasteiger partial charge is 0.658 e. The Bertz CT molecular complexity index is 1300. The smallest absolute Gasteiger partial charge is 0.524 e. The Kier molecular flexibility index (Phi) is 8.68. The van der Waals surface area contributed by atoms with Crippen molar-refractivity contribution in [3.63, 3.8) is 0 Å². The molecule has 0 aromatic heterocycles. The van der Waals surface area contributed by atoms with Crippen LogP contribution in [0, 0.1) is 23.3 Å². The van der Waals surface area contributed by atoms with Crippen LogP contribution in [0.4, 0.5) is 17.6 Å². The molecule has 0 saturated carbocycles. The topological polar surface area (TPSA) is 36.9 Å². The minimum Gasteiger partial charge on any atom is -0.524 e. The second-order valence-corrected chi connectivity index (χ2v) is 8.44. The van der Waals surface area contributed by atoms with Crippen molar-refractivity contribution < 1.29 is 36.3 Å². The van der Waals surface area contributed by atoms with Gasteiger partial charge in [-0.2, -0.15) is 0 Å². The second-order valence-electron chi connectivity index (χ2n) is 7.56. The molecular formula is C26H16BCl2F4O4. The van der Waals surface area contributed by atoms with Crippen molar-refractivity contribution in [1.82, 2.24) is 0 Å². The summed E-state index contributed by atoms with van der Waals surface area (Å²) >= 11 is 12.1. The lowest BCUT2D eigenvalue weighted by Crippen LogP contribution is -2.13. The minimum atomic E-state index is -0.750. The fourth-order valence-electron chi connectivity index (χ4n) is 3.10. The molecule has 11 heteroatoms. The molecule has 0 N–H and O–H groups in total. The van der Waals surface area contributed by atoms with Crippen LogP contribution < -0.4 is 18.8 Å². The van der Waals surface area contributed by atoms with Gasteiger partial charge in [0.2, 0.25) is 0 Å². The van der Waals surface area contributed by atoms with E-state index in [-0.39, 0.29) is 47.3 Å². The van der Waals surface area contributed by atoms with E-state index in [1.54, 1.807) is 12.1 Å². The van der Waals surface area contributed by atoms with Crippen molar-refractivity contribution >= 4 is 30.9 Å². The monoisotopic (exact) mass is 549 g/mol.